The van der Waals surface area contributed by atoms with Crippen LogP contribution in [0.25, 0.3) is 0 Å². The number of benzene rings is 1. The quantitative estimate of drug-likeness (QED) is 0.788. The normalized spacial score (nSPS) is 15.8. The molecule has 1 aromatic rings. The van der Waals surface area contributed by atoms with E-state index in [0.29, 0.717) is 5.56 Å². The molecule has 2 nitrogen and oxygen atoms in total. The van der Waals surface area contributed by atoms with Crippen LogP contribution in [0.15, 0.2) is 30.3 Å². The van der Waals surface area contributed by atoms with E-state index < -0.39 is 16.3 Å². The van der Waals surface area contributed by atoms with Crippen molar-refractivity contribution >= 4 is 17.4 Å². The third kappa shape index (κ3) is 2.58. The zero-order valence-electron chi connectivity index (χ0n) is 9.12. The first-order chi connectivity index (χ1) is 6.76. The van der Waals surface area contributed by atoms with E-state index in [1.165, 1.54) is 0 Å². The molecule has 0 aliphatic heterocycles. The summed E-state index contributed by atoms with van der Waals surface area (Å²) in [6, 6.07) is 8.54. The van der Waals surface area contributed by atoms with Crippen molar-refractivity contribution in [1.82, 2.24) is 0 Å². The van der Waals surface area contributed by atoms with Crippen molar-refractivity contribution in [2.45, 2.75) is 25.8 Å². The smallest absolute Gasteiger partial charge is 0.224 e. The minimum atomic E-state index is -1.93. The number of rotatable bonds is 2. The molecular weight excluding hydrogens is 212 g/mol. The molecule has 0 heterocycles. The van der Waals surface area contributed by atoms with Gasteiger partial charge in [0.05, 0.1) is 0 Å². The van der Waals surface area contributed by atoms with Gasteiger partial charge in [-0.05, 0) is 0 Å². The molecule has 1 aromatic carbocycles. The zero-order valence-corrected chi connectivity index (χ0v) is 9.88. The highest BCUT2D eigenvalue weighted by Gasteiger charge is 2.41. The van der Waals surface area contributed by atoms with Crippen LogP contribution < -0.4 is 0 Å². The van der Waals surface area contributed by atoms with E-state index in [9.17, 15) is 9.90 Å². The third-order valence-corrected chi connectivity index (χ3v) is 2.53. The molecule has 3 heteroatoms. The van der Waals surface area contributed by atoms with Crippen molar-refractivity contribution in [3.05, 3.63) is 35.9 Å². The summed E-state index contributed by atoms with van der Waals surface area (Å²) >= 11 is 5.90. The van der Waals surface area contributed by atoms with Gasteiger partial charge in [-0.1, -0.05) is 62.7 Å². The van der Waals surface area contributed by atoms with E-state index in [0.717, 1.165) is 0 Å². The van der Waals surface area contributed by atoms with Gasteiger partial charge in [-0.25, -0.2) is 0 Å². The Bertz CT molecular complexity index is 350. The molecule has 0 fully saturated rings. The van der Waals surface area contributed by atoms with Gasteiger partial charge in [-0.3, -0.25) is 4.79 Å². The Kier molecular flexibility index (Phi) is 3.22. The molecular formula is C12H15ClO2. The van der Waals surface area contributed by atoms with Gasteiger partial charge < -0.3 is 5.11 Å². The van der Waals surface area contributed by atoms with Crippen LogP contribution in [0.4, 0.5) is 0 Å². The molecule has 82 valence electrons. The van der Waals surface area contributed by atoms with Gasteiger partial charge in [0.25, 0.3) is 0 Å². The summed E-state index contributed by atoms with van der Waals surface area (Å²) in [6.07, 6.45) is 0. The number of Topliss-reactive ketones (excluding diaryl/α,β-unsaturated/α-hetero) is 1. The van der Waals surface area contributed by atoms with E-state index >= 15 is 0 Å². The molecule has 0 saturated heterocycles. The average molecular weight is 227 g/mol. The van der Waals surface area contributed by atoms with Gasteiger partial charge in [0.2, 0.25) is 5.06 Å². The number of hydrogen-bond donors (Lipinski definition) is 1. The fourth-order valence-electron chi connectivity index (χ4n) is 1.29. The number of carbonyl (C=O) groups excluding carboxylic acids is 1. The Hall–Kier alpha value is -0.860. The van der Waals surface area contributed by atoms with Crippen LogP contribution in [0.5, 0.6) is 0 Å². The zero-order chi connectivity index (χ0) is 11.7. The highest BCUT2D eigenvalue weighted by atomic mass is 35.5. The Labute approximate surface area is 94.9 Å². The van der Waals surface area contributed by atoms with Crippen molar-refractivity contribution in [1.29, 1.82) is 0 Å². The maximum atomic E-state index is 11.9. The van der Waals surface area contributed by atoms with Crippen molar-refractivity contribution in [2.75, 3.05) is 0 Å². The van der Waals surface area contributed by atoms with Crippen LogP contribution in [-0.2, 0) is 9.85 Å². The average Bonchev–Trinajstić information content (AvgIpc) is 2.16. The first kappa shape index (κ1) is 12.2. The second kappa shape index (κ2) is 3.95. The summed E-state index contributed by atoms with van der Waals surface area (Å²) in [6.45, 7) is 5.18. The largest absolute Gasteiger partial charge is 0.365 e. The Morgan fingerprint density at radius 2 is 1.67 bits per heavy atom. The van der Waals surface area contributed by atoms with E-state index in [4.69, 9.17) is 11.6 Å². The molecule has 15 heavy (non-hydrogen) atoms. The topological polar surface area (TPSA) is 37.3 Å². The van der Waals surface area contributed by atoms with Crippen LogP contribution in [0.1, 0.15) is 26.3 Å². The SMILES string of the molecule is CC(C)(C)C(=O)C(O)(Cl)c1ccccc1. The fraction of sp³-hybridized carbons (Fsp3) is 0.417. The molecule has 0 radical (unpaired) electrons. The second-order valence-corrected chi connectivity index (χ2v) is 5.11. The van der Waals surface area contributed by atoms with Gasteiger partial charge in [0.15, 0.2) is 5.78 Å². The van der Waals surface area contributed by atoms with E-state index in [-0.39, 0.29) is 0 Å². The molecule has 0 aromatic heterocycles. The second-order valence-electron chi connectivity index (χ2n) is 4.57. The molecule has 1 rings (SSSR count). The first-order valence-corrected chi connectivity index (χ1v) is 5.16. The lowest BCUT2D eigenvalue weighted by Crippen LogP contribution is -2.38. The lowest BCUT2D eigenvalue weighted by Gasteiger charge is -2.27. The van der Waals surface area contributed by atoms with Gasteiger partial charge in [-0.15, -0.1) is 0 Å². The number of alkyl halides is 1. The highest BCUT2D eigenvalue weighted by molar-refractivity contribution is 6.34. The van der Waals surface area contributed by atoms with E-state index in [1.54, 1.807) is 51.1 Å². The van der Waals surface area contributed by atoms with Crippen molar-refractivity contribution < 1.29 is 9.90 Å². The van der Waals surface area contributed by atoms with Crippen molar-refractivity contribution in [3.63, 3.8) is 0 Å². The lowest BCUT2D eigenvalue weighted by molar-refractivity contribution is -0.138. The summed E-state index contributed by atoms with van der Waals surface area (Å²) in [5.74, 6) is -0.400. The van der Waals surface area contributed by atoms with Crippen LogP contribution >= 0.6 is 11.6 Å². The van der Waals surface area contributed by atoms with E-state index in [1.807, 2.05) is 0 Å². The number of ketones is 1. The third-order valence-electron chi connectivity index (χ3n) is 2.14. The van der Waals surface area contributed by atoms with Gasteiger partial charge in [0.1, 0.15) is 0 Å². The van der Waals surface area contributed by atoms with Crippen LogP contribution in [0, 0.1) is 5.41 Å². The van der Waals surface area contributed by atoms with Crippen LogP contribution in [0.2, 0.25) is 0 Å². The van der Waals surface area contributed by atoms with Crippen LogP contribution in [0.3, 0.4) is 0 Å². The molecule has 0 saturated carbocycles. The predicted octanol–water partition coefficient (Wildman–Crippen LogP) is 2.69. The summed E-state index contributed by atoms with van der Waals surface area (Å²) < 4.78 is 0. The summed E-state index contributed by atoms with van der Waals surface area (Å²) in [4.78, 5) is 11.9. The number of halogens is 1. The standard InChI is InChI=1S/C12H15ClO2/c1-11(2,3)10(14)12(13,15)9-7-5-4-6-8-9/h4-8,15H,1-3H3. The molecule has 1 atom stereocenters. The van der Waals surface area contributed by atoms with Crippen molar-refractivity contribution in [3.8, 4) is 0 Å². The minimum absolute atomic E-state index is 0.400. The molecule has 1 unspecified atom stereocenters. The summed E-state index contributed by atoms with van der Waals surface area (Å²) in [5, 5.41) is 8.07. The Morgan fingerprint density at radius 3 is 2.07 bits per heavy atom. The summed E-state index contributed by atoms with van der Waals surface area (Å²) in [5.41, 5.74) is -0.265. The molecule has 0 amide bonds. The predicted molar refractivity (Wildman–Crippen MR) is 60.7 cm³/mol. The van der Waals surface area contributed by atoms with Crippen molar-refractivity contribution in [2.24, 2.45) is 5.41 Å². The Morgan fingerprint density at radius 1 is 1.20 bits per heavy atom. The summed E-state index contributed by atoms with van der Waals surface area (Å²) in [7, 11) is 0. The molecule has 0 aliphatic carbocycles. The highest BCUT2D eigenvalue weighted by Crippen LogP contribution is 2.34. The fourth-order valence-corrected chi connectivity index (χ4v) is 1.70. The number of carbonyl (C=O) groups is 1. The lowest BCUT2D eigenvalue weighted by atomic mass is 9.85. The maximum Gasteiger partial charge on any atom is 0.224 e. The first-order valence-electron chi connectivity index (χ1n) is 4.78. The maximum absolute atomic E-state index is 11.9. The van der Waals surface area contributed by atoms with E-state index in [2.05, 4.69) is 0 Å². The van der Waals surface area contributed by atoms with Gasteiger partial charge in [0, 0.05) is 11.0 Å². The monoisotopic (exact) mass is 226 g/mol. The molecule has 0 bridgehead atoms. The van der Waals surface area contributed by atoms with Gasteiger partial charge in [-0.2, -0.15) is 0 Å². The van der Waals surface area contributed by atoms with Gasteiger partial charge >= 0.3 is 0 Å². The molecule has 0 spiro atoms. The number of hydrogen-bond acceptors (Lipinski definition) is 2. The Balaban J connectivity index is 3.09. The minimum Gasteiger partial charge on any atom is -0.365 e. The van der Waals surface area contributed by atoms with Crippen LogP contribution in [-0.4, -0.2) is 10.9 Å². The molecule has 1 N–H and O–H groups in total. The molecule has 0 aliphatic rings. The number of aliphatic hydroxyl groups is 1.